The number of esters is 1. The number of nitrogens with zero attached hydrogens (tertiary/aromatic N) is 1. The number of hydrogen-bond acceptors (Lipinski definition) is 8. The normalized spacial score (nSPS) is 36.8. The van der Waals surface area contributed by atoms with Crippen LogP contribution in [-0.2, 0) is 19.1 Å². The minimum Gasteiger partial charge on any atom is -0.458 e. The molecule has 7 nitrogen and oxygen atoms in total. The number of fused-ring (bicyclic) bond motifs is 1. The summed E-state index contributed by atoms with van der Waals surface area (Å²) in [4.78, 5) is 30.8. The summed E-state index contributed by atoms with van der Waals surface area (Å²) in [6.45, 7) is 12.9. The highest BCUT2D eigenvalue weighted by atomic mass is 32.1. The summed E-state index contributed by atoms with van der Waals surface area (Å²) in [6, 6.07) is 0. The highest BCUT2D eigenvalue weighted by molar-refractivity contribution is 7.09. The molecule has 3 heterocycles. The zero-order valence-electron chi connectivity index (χ0n) is 22.7. The second-order valence-electron chi connectivity index (χ2n) is 11.4. The predicted octanol–water partition coefficient (Wildman–Crippen LogP) is 4.87. The standard InChI is InChI=1S/C28H43NO6S/c1-8-28-11-9-10-16(2)25(32)18(4)26(33)27(6,7)22(30)14-24(31)34-21(13-23(28)35-28)17(3)12-20-15-36-19(5)29-20/h12,15-16,18,21-23,25,30,32H,8-11,13-14H2,1-7H3/b17-12+/t16?,18?,21-,22?,23-,25-,28+/m0/s1. The van der Waals surface area contributed by atoms with E-state index in [1.165, 1.54) is 0 Å². The molecule has 0 spiro atoms. The average molecular weight is 522 g/mol. The first-order valence-electron chi connectivity index (χ1n) is 13.2. The fraction of sp³-hybridized carbons (Fsp3) is 0.750. The van der Waals surface area contributed by atoms with Gasteiger partial charge in [-0.25, -0.2) is 4.98 Å². The lowest BCUT2D eigenvalue weighted by Gasteiger charge is -2.34. The van der Waals surface area contributed by atoms with Gasteiger partial charge in [-0.3, -0.25) is 9.59 Å². The molecule has 0 bridgehead atoms. The molecule has 3 unspecified atom stereocenters. The lowest BCUT2D eigenvalue weighted by atomic mass is 9.73. The summed E-state index contributed by atoms with van der Waals surface area (Å²) in [7, 11) is 0. The summed E-state index contributed by atoms with van der Waals surface area (Å²) >= 11 is 1.56. The van der Waals surface area contributed by atoms with Gasteiger partial charge in [0.1, 0.15) is 11.9 Å². The van der Waals surface area contributed by atoms with Gasteiger partial charge in [0, 0.05) is 17.7 Å². The molecule has 0 aliphatic carbocycles. The maximum Gasteiger partial charge on any atom is 0.309 e. The van der Waals surface area contributed by atoms with Crippen molar-refractivity contribution < 1.29 is 29.3 Å². The molecule has 7 atom stereocenters. The molecule has 8 heteroatoms. The first-order valence-corrected chi connectivity index (χ1v) is 14.1. The monoisotopic (exact) mass is 521 g/mol. The van der Waals surface area contributed by atoms with Crippen molar-refractivity contribution in [3.63, 3.8) is 0 Å². The Morgan fingerprint density at radius 1 is 1.28 bits per heavy atom. The maximum absolute atomic E-state index is 13.3. The summed E-state index contributed by atoms with van der Waals surface area (Å²) in [5.41, 5.74) is 0.230. The van der Waals surface area contributed by atoms with E-state index < -0.39 is 35.6 Å². The zero-order valence-corrected chi connectivity index (χ0v) is 23.6. The van der Waals surface area contributed by atoms with Crippen molar-refractivity contribution >= 4 is 29.2 Å². The van der Waals surface area contributed by atoms with Gasteiger partial charge in [-0.2, -0.15) is 0 Å². The number of aryl methyl sites for hydroxylation is 1. The zero-order chi connectivity index (χ0) is 26.8. The van der Waals surface area contributed by atoms with E-state index in [1.54, 1.807) is 32.1 Å². The molecule has 2 N–H and O–H groups in total. The van der Waals surface area contributed by atoms with E-state index in [0.717, 1.165) is 42.0 Å². The van der Waals surface area contributed by atoms with Crippen molar-refractivity contribution in [1.29, 1.82) is 0 Å². The Kier molecular flexibility index (Phi) is 9.18. The maximum atomic E-state index is 13.3. The Labute approximate surface area is 219 Å². The van der Waals surface area contributed by atoms with Crippen molar-refractivity contribution in [2.75, 3.05) is 0 Å². The summed E-state index contributed by atoms with van der Waals surface area (Å²) in [6.07, 6.45) is 2.92. The van der Waals surface area contributed by atoms with Crippen molar-refractivity contribution in [2.24, 2.45) is 17.3 Å². The van der Waals surface area contributed by atoms with E-state index in [4.69, 9.17) is 9.47 Å². The van der Waals surface area contributed by atoms with E-state index in [0.29, 0.717) is 6.42 Å². The molecule has 2 aliphatic rings. The Bertz CT molecular complexity index is 971. The Balaban J connectivity index is 1.88. The van der Waals surface area contributed by atoms with Gasteiger partial charge in [0.05, 0.1) is 46.5 Å². The summed E-state index contributed by atoms with van der Waals surface area (Å²) in [5.74, 6) is -1.54. The second-order valence-corrected chi connectivity index (χ2v) is 12.4. The number of rotatable bonds is 3. The number of epoxide rings is 1. The molecular formula is C28H43NO6S. The minimum absolute atomic E-state index is 0.0316. The van der Waals surface area contributed by atoms with Gasteiger partial charge in [-0.15, -0.1) is 11.3 Å². The van der Waals surface area contributed by atoms with Gasteiger partial charge in [0.15, 0.2) is 0 Å². The fourth-order valence-corrected chi connectivity index (χ4v) is 6.00. The Morgan fingerprint density at radius 2 is 1.97 bits per heavy atom. The van der Waals surface area contributed by atoms with Gasteiger partial charge in [0.2, 0.25) is 0 Å². The molecule has 36 heavy (non-hydrogen) atoms. The number of cyclic esters (lactones) is 1. The Morgan fingerprint density at radius 3 is 2.58 bits per heavy atom. The number of aromatic nitrogens is 1. The SMILES string of the molecule is CC[C@@]12CCCC(C)[C@H](O)C(C)C(=O)C(C)(C)C(O)CC(=O)O[C@H](/C(C)=C/c3csc(C)n3)C[C@@H]1O2. The van der Waals surface area contributed by atoms with Crippen LogP contribution < -0.4 is 0 Å². The van der Waals surface area contributed by atoms with Crippen LogP contribution >= 0.6 is 11.3 Å². The number of ketones is 1. The number of aliphatic hydroxyl groups excluding tert-OH is 2. The number of carbonyl (C=O) groups is 2. The lowest BCUT2D eigenvalue weighted by Crippen LogP contribution is -2.45. The van der Waals surface area contributed by atoms with Crippen molar-refractivity contribution in [3.8, 4) is 0 Å². The highest BCUT2D eigenvalue weighted by Gasteiger charge is 2.55. The molecule has 2 aliphatic heterocycles. The third-order valence-electron chi connectivity index (χ3n) is 8.32. The smallest absolute Gasteiger partial charge is 0.309 e. The molecule has 2 fully saturated rings. The molecule has 3 rings (SSSR count). The van der Waals surface area contributed by atoms with Crippen LogP contribution in [0.1, 0.15) is 90.8 Å². The molecule has 202 valence electrons. The molecule has 1 aromatic rings. The largest absolute Gasteiger partial charge is 0.458 e. The molecular weight excluding hydrogens is 478 g/mol. The molecule has 0 radical (unpaired) electrons. The number of ether oxygens (including phenoxy) is 2. The first-order chi connectivity index (χ1) is 16.8. The topological polar surface area (TPSA) is 109 Å². The predicted molar refractivity (Wildman–Crippen MR) is 140 cm³/mol. The minimum atomic E-state index is -1.23. The molecule has 0 amide bonds. The van der Waals surface area contributed by atoms with Crippen molar-refractivity contribution in [1.82, 2.24) is 4.98 Å². The van der Waals surface area contributed by atoms with Crippen LogP contribution in [0.2, 0.25) is 0 Å². The molecule has 2 saturated heterocycles. The van der Waals surface area contributed by atoms with E-state index >= 15 is 0 Å². The van der Waals surface area contributed by atoms with E-state index in [-0.39, 0.29) is 29.8 Å². The third kappa shape index (κ3) is 6.44. The van der Waals surface area contributed by atoms with Gasteiger partial charge in [0.25, 0.3) is 0 Å². The lowest BCUT2D eigenvalue weighted by molar-refractivity contribution is -0.154. The average Bonchev–Trinajstić information content (AvgIpc) is 3.35. The molecule has 0 saturated carbocycles. The van der Waals surface area contributed by atoms with Crippen LogP contribution in [0.15, 0.2) is 11.0 Å². The number of aliphatic hydroxyl groups is 2. The molecule has 1 aromatic heterocycles. The number of Topliss-reactive ketones (excluding diaryl/α,β-unsaturated/α-hetero) is 1. The number of thiazole rings is 1. The van der Waals surface area contributed by atoms with Crippen LogP contribution in [0.5, 0.6) is 0 Å². The van der Waals surface area contributed by atoms with Gasteiger partial charge in [-0.05, 0) is 50.7 Å². The van der Waals surface area contributed by atoms with Crippen molar-refractivity contribution in [2.45, 2.75) is 117 Å². The number of carbonyl (C=O) groups excluding carboxylic acids is 2. The van der Waals surface area contributed by atoms with Crippen LogP contribution in [0.25, 0.3) is 6.08 Å². The summed E-state index contributed by atoms with van der Waals surface area (Å²) in [5, 5.41) is 24.7. The van der Waals surface area contributed by atoms with Gasteiger partial charge >= 0.3 is 5.97 Å². The summed E-state index contributed by atoms with van der Waals surface area (Å²) < 4.78 is 12.1. The van der Waals surface area contributed by atoms with E-state index in [9.17, 15) is 19.8 Å². The highest BCUT2D eigenvalue weighted by Crippen LogP contribution is 2.47. The van der Waals surface area contributed by atoms with E-state index in [1.807, 2.05) is 32.2 Å². The number of hydrogen-bond donors (Lipinski definition) is 2. The van der Waals surface area contributed by atoms with Crippen LogP contribution in [0.4, 0.5) is 0 Å². The third-order valence-corrected chi connectivity index (χ3v) is 9.12. The second kappa shape index (κ2) is 11.4. The van der Waals surface area contributed by atoms with Crippen LogP contribution in [-0.4, -0.2) is 57.0 Å². The fourth-order valence-electron chi connectivity index (χ4n) is 5.43. The van der Waals surface area contributed by atoms with Crippen molar-refractivity contribution in [3.05, 3.63) is 21.7 Å². The Hall–Kier alpha value is -1.61. The van der Waals surface area contributed by atoms with Gasteiger partial charge < -0.3 is 19.7 Å². The van der Waals surface area contributed by atoms with E-state index in [2.05, 4.69) is 11.9 Å². The molecule has 0 aromatic carbocycles. The first kappa shape index (κ1) is 29.0. The van der Waals surface area contributed by atoms with Gasteiger partial charge in [-0.1, -0.05) is 41.0 Å². The van der Waals surface area contributed by atoms with Crippen LogP contribution in [0.3, 0.4) is 0 Å². The van der Waals surface area contributed by atoms with Crippen LogP contribution in [0, 0.1) is 24.2 Å². The quantitative estimate of drug-likeness (QED) is 0.431.